The van der Waals surface area contributed by atoms with Crippen molar-refractivity contribution < 1.29 is 14.3 Å². The highest BCUT2D eigenvalue weighted by Crippen LogP contribution is 2.24. The van der Waals surface area contributed by atoms with Gasteiger partial charge in [0.2, 0.25) is 5.91 Å². The summed E-state index contributed by atoms with van der Waals surface area (Å²) >= 11 is 0. The third-order valence-corrected chi connectivity index (χ3v) is 3.41. The van der Waals surface area contributed by atoms with Gasteiger partial charge in [0.1, 0.15) is 18.1 Å². The number of amides is 1. The zero-order valence-corrected chi connectivity index (χ0v) is 15.3. The van der Waals surface area contributed by atoms with Crippen LogP contribution in [0.1, 0.15) is 13.8 Å². The molecule has 2 rings (SSSR count). The van der Waals surface area contributed by atoms with Crippen LogP contribution in [-0.4, -0.2) is 25.7 Å². The fourth-order valence-electron chi connectivity index (χ4n) is 2.15. The molecule has 26 heavy (non-hydrogen) atoms. The Hall–Kier alpha value is -2.95. The van der Waals surface area contributed by atoms with E-state index in [1.54, 1.807) is 6.08 Å². The summed E-state index contributed by atoms with van der Waals surface area (Å²) in [7, 11) is 0. The quantitative estimate of drug-likeness (QED) is 0.623. The molecule has 0 fully saturated rings. The van der Waals surface area contributed by atoms with E-state index in [-0.39, 0.29) is 12.5 Å². The van der Waals surface area contributed by atoms with Crippen molar-refractivity contribution in [3.63, 3.8) is 0 Å². The van der Waals surface area contributed by atoms with Crippen molar-refractivity contribution in [2.24, 2.45) is 5.92 Å². The molecular formula is C21H26N2O3. The monoisotopic (exact) mass is 354 g/mol. The lowest BCUT2D eigenvalue weighted by atomic mass is 10.2. The molecule has 0 saturated heterocycles. The number of anilines is 2. The van der Waals surface area contributed by atoms with Gasteiger partial charge < -0.3 is 20.1 Å². The summed E-state index contributed by atoms with van der Waals surface area (Å²) in [4.78, 5) is 12.2. The summed E-state index contributed by atoms with van der Waals surface area (Å²) in [6.07, 6.45) is 1.69. The molecule has 0 saturated carbocycles. The predicted octanol–water partition coefficient (Wildman–Crippen LogP) is 4.34. The van der Waals surface area contributed by atoms with Gasteiger partial charge in [0.05, 0.1) is 18.8 Å². The lowest BCUT2D eigenvalue weighted by molar-refractivity contribution is -0.114. The standard InChI is InChI=1S/C21H26N2O3/c1-4-13-25-18-11-9-17(10-12-18)22-14-21(24)23-19-7-5-6-8-20(19)26-15-16(2)3/h4-12,16,22H,1,13-15H2,2-3H3,(H,23,24). The molecule has 2 aromatic carbocycles. The van der Waals surface area contributed by atoms with Gasteiger partial charge in [-0.3, -0.25) is 4.79 Å². The predicted molar refractivity (Wildman–Crippen MR) is 106 cm³/mol. The number of nitrogens with one attached hydrogen (secondary N) is 2. The normalized spacial score (nSPS) is 10.3. The van der Waals surface area contributed by atoms with Crippen LogP contribution >= 0.6 is 0 Å². The maximum atomic E-state index is 12.2. The van der Waals surface area contributed by atoms with Gasteiger partial charge in [-0.1, -0.05) is 38.6 Å². The molecule has 5 nitrogen and oxygen atoms in total. The molecule has 2 aromatic rings. The molecule has 0 aromatic heterocycles. The van der Waals surface area contributed by atoms with Crippen LogP contribution in [0, 0.1) is 5.92 Å². The van der Waals surface area contributed by atoms with Gasteiger partial charge >= 0.3 is 0 Å². The SMILES string of the molecule is C=CCOc1ccc(NCC(=O)Nc2ccccc2OCC(C)C)cc1. The van der Waals surface area contributed by atoms with Crippen molar-refractivity contribution in [2.45, 2.75) is 13.8 Å². The van der Waals surface area contributed by atoms with E-state index in [2.05, 4.69) is 31.1 Å². The van der Waals surface area contributed by atoms with Crippen LogP contribution in [-0.2, 0) is 4.79 Å². The zero-order chi connectivity index (χ0) is 18.8. The summed E-state index contributed by atoms with van der Waals surface area (Å²) in [5.74, 6) is 1.71. The minimum Gasteiger partial charge on any atom is -0.491 e. The summed E-state index contributed by atoms with van der Waals surface area (Å²) in [5, 5.41) is 5.97. The minimum atomic E-state index is -0.141. The second-order valence-electron chi connectivity index (χ2n) is 6.23. The van der Waals surface area contributed by atoms with Crippen LogP contribution < -0.4 is 20.1 Å². The van der Waals surface area contributed by atoms with Crippen LogP contribution in [0.15, 0.2) is 61.2 Å². The second kappa shape index (κ2) is 10.1. The van der Waals surface area contributed by atoms with Gasteiger partial charge in [0.25, 0.3) is 0 Å². The molecule has 0 bridgehead atoms. The van der Waals surface area contributed by atoms with Gasteiger partial charge in [0.15, 0.2) is 0 Å². The molecular weight excluding hydrogens is 328 g/mol. The highest BCUT2D eigenvalue weighted by atomic mass is 16.5. The van der Waals surface area contributed by atoms with Gasteiger partial charge in [-0.15, -0.1) is 0 Å². The van der Waals surface area contributed by atoms with Crippen LogP contribution in [0.3, 0.4) is 0 Å². The van der Waals surface area contributed by atoms with Crippen LogP contribution in [0.25, 0.3) is 0 Å². The second-order valence-corrected chi connectivity index (χ2v) is 6.23. The average Bonchev–Trinajstić information content (AvgIpc) is 2.64. The smallest absolute Gasteiger partial charge is 0.243 e. The number of hydrogen-bond acceptors (Lipinski definition) is 4. The lowest BCUT2D eigenvalue weighted by Gasteiger charge is -2.14. The van der Waals surface area contributed by atoms with E-state index in [0.717, 1.165) is 11.4 Å². The fraction of sp³-hybridized carbons (Fsp3) is 0.286. The Labute approximate surface area is 155 Å². The van der Waals surface area contributed by atoms with Crippen molar-refractivity contribution in [1.82, 2.24) is 0 Å². The topological polar surface area (TPSA) is 59.6 Å². The highest BCUT2D eigenvalue weighted by Gasteiger charge is 2.08. The minimum absolute atomic E-state index is 0.141. The molecule has 0 spiro atoms. The van der Waals surface area contributed by atoms with E-state index in [9.17, 15) is 4.79 Å². The average molecular weight is 354 g/mol. The summed E-state index contributed by atoms with van der Waals surface area (Å²) in [6, 6.07) is 14.9. The van der Waals surface area contributed by atoms with Crippen LogP contribution in [0.4, 0.5) is 11.4 Å². The van der Waals surface area contributed by atoms with Gasteiger partial charge in [-0.05, 0) is 42.3 Å². The molecule has 0 aliphatic carbocycles. The Morgan fingerprint density at radius 2 is 1.85 bits per heavy atom. The van der Waals surface area contributed by atoms with Gasteiger partial charge in [0, 0.05) is 5.69 Å². The molecule has 0 radical (unpaired) electrons. The van der Waals surface area contributed by atoms with Gasteiger partial charge in [-0.25, -0.2) is 0 Å². The molecule has 138 valence electrons. The Balaban J connectivity index is 1.86. The number of hydrogen-bond donors (Lipinski definition) is 2. The van der Waals surface area contributed by atoms with Crippen LogP contribution in [0.2, 0.25) is 0 Å². The van der Waals surface area contributed by atoms with Crippen molar-refractivity contribution >= 4 is 17.3 Å². The first kappa shape index (κ1) is 19.4. The largest absolute Gasteiger partial charge is 0.491 e. The summed E-state index contributed by atoms with van der Waals surface area (Å²) < 4.78 is 11.2. The first-order valence-electron chi connectivity index (χ1n) is 8.67. The molecule has 0 heterocycles. The fourth-order valence-corrected chi connectivity index (χ4v) is 2.15. The van der Waals surface area contributed by atoms with Crippen molar-refractivity contribution in [3.8, 4) is 11.5 Å². The lowest BCUT2D eigenvalue weighted by Crippen LogP contribution is -2.22. The first-order chi connectivity index (χ1) is 12.6. The van der Waals surface area contributed by atoms with E-state index in [4.69, 9.17) is 9.47 Å². The van der Waals surface area contributed by atoms with Crippen LogP contribution in [0.5, 0.6) is 11.5 Å². The van der Waals surface area contributed by atoms with Crippen molar-refractivity contribution in [1.29, 1.82) is 0 Å². The number of ether oxygens (including phenoxy) is 2. The number of para-hydroxylation sites is 2. The number of rotatable bonds is 10. The Morgan fingerprint density at radius 3 is 2.54 bits per heavy atom. The molecule has 2 N–H and O–H groups in total. The Bertz CT molecular complexity index is 711. The van der Waals surface area contributed by atoms with Gasteiger partial charge in [-0.2, -0.15) is 0 Å². The Morgan fingerprint density at radius 1 is 1.12 bits per heavy atom. The number of carbonyl (C=O) groups is 1. The molecule has 0 aliphatic rings. The van der Waals surface area contributed by atoms with E-state index in [1.807, 2.05) is 48.5 Å². The van der Waals surface area contributed by atoms with E-state index in [1.165, 1.54) is 0 Å². The maximum Gasteiger partial charge on any atom is 0.243 e. The molecule has 1 amide bonds. The van der Waals surface area contributed by atoms with E-state index >= 15 is 0 Å². The highest BCUT2D eigenvalue weighted by molar-refractivity contribution is 5.95. The zero-order valence-electron chi connectivity index (χ0n) is 15.3. The van der Waals surface area contributed by atoms with E-state index in [0.29, 0.717) is 30.6 Å². The molecule has 5 heteroatoms. The van der Waals surface area contributed by atoms with E-state index < -0.39 is 0 Å². The molecule has 0 unspecified atom stereocenters. The number of benzene rings is 2. The molecule has 0 atom stereocenters. The van der Waals surface area contributed by atoms with Crippen molar-refractivity contribution in [2.75, 3.05) is 30.4 Å². The van der Waals surface area contributed by atoms with Crippen molar-refractivity contribution in [3.05, 3.63) is 61.2 Å². The Kier molecular flexibility index (Phi) is 7.55. The molecule has 0 aliphatic heterocycles. The third kappa shape index (κ3) is 6.51. The third-order valence-electron chi connectivity index (χ3n) is 3.41. The number of carbonyl (C=O) groups excluding carboxylic acids is 1. The first-order valence-corrected chi connectivity index (χ1v) is 8.67. The summed E-state index contributed by atoms with van der Waals surface area (Å²) in [6.45, 7) is 9.00. The summed E-state index contributed by atoms with van der Waals surface area (Å²) in [5.41, 5.74) is 1.52. The maximum absolute atomic E-state index is 12.2.